The van der Waals surface area contributed by atoms with Gasteiger partial charge in [0, 0.05) is 0 Å². The number of hydrogen-bond acceptors (Lipinski definition) is 2. The van der Waals surface area contributed by atoms with E-state index in [4.69, 9.17) is 9.47 Å². The molecule has 0 amide bonds. The van der Waals surface area contributed by atoms with Crippen molar-refractivity contribution in [1.29, 1.82) is 0 Å². The average Bonchev–Trinajstić information content (AvgIpc) is 2.19. The predicted octanol–water partition coefficient (Wildman–Crippen LogP) is 4.12. The van der Waals surface area contributed by atoms with E-state index in [2.05, 4.69) is 29.2 Å². The predicted molar refractivity (Wildman–Crippen MR) is 76.2 cm³/mol. The molecular formula is C13H17IO2. The van der Waals surface area contributed by atoms with Crippen LogP contribution in [0.3, 0.4) is 0 Å². The Bertz CT molecular complexity index is 392. The van der Waals surface area contributed by atoms with Gasteiger partial charge in [-0.15, -0.1) is 0 Å². The Morgan fingerprint density at radius 3 is 2.38 bits per heavy atom. The van der Waals surface area contributed by atoms with Crippen molar-refractivity contribution in [3.63, 3.8) is 0 Å². The summed E-state index contributed by atoms with van der Waals surface area (Å²) in [5.74, 6) is 1.54. The molecule has 2 nitrogen and oxygen atoms in total. The Morgan fingerprint density at radius 2 is 1.94 bits per heavy atom. The Labute approximate surface area is 111 Å². The van der Waals surface area contributed by atoms with Gasteiger partial charge in [0.2, 0.25) is 0 Å². The van der Waals surface area contributed by atoms with Crippen molar-refractivity contribution in [2.24, 2.45) is 0 Å². The summed E-state index contributed by atoms with van der Waals surface area (Å²) < 4.78 is 12.3. The highest BCUT2D eigenvalue weighted by atomic mass is 127. The van der Waals surface area contributed by atoms with Gasteiger partial charge in [-0.3, -0.25) is 0 Å². The maximum Gasteiger partial charge on any atom is 0.175 e. The summed E-state index contributed by atoms with van der Waals surface area (Å²) in [6.45, 7) is 9.81. The molecule has 0 bridgehead atoms. The molecule has 0 heterocycles. The van der Waals surface area contributed by atoms with Gasteiger partial charge in [-0.1, -0.05) is 12.7 Å². The summed E-state index contributed by atoms with van der Waals surface area (Å²) in [6, 6.07) is 3.95. The summed E-state index contributed by atoms with van der Waals surface area (Å²) in [5, 5.41) is 0. The zero-order valence-corrected chi connectivity index (χ0v) is 12.3. The average molecular weight is 332 g/mol. The lowest BCUT2D eigenvalue weighted by Crippen LogP contribution is -2.23. The molecule has 88 valence electrons. The maximum absolute atomic E-state index is 5.89. The van der Waals surface area contributed by atoms with Crippen LogP contribution in [0.15, 0.2) is 18.7 Å². The lowest BCUT2D eigenvalue weighted by molar-refractivity contribution is 0.124. The Morgan fingerprint density at radius 1 is 1.31 bits per heavy atom. The van der Waals surface area contributed by atoms with Crippen LogP contribution in [0.2, 0.25) is 0 Å². The van der Waals surface area contributed by atoms with Gasteiger partial charge in [-0.05, 0) is 61.1 Å². The molecule has 0 aliphatic carbocycles. The van der Waals surface area contributed by atoms with E-state index in [1.165, 1.54) is 0 Å². The van der Waals surface area contributed by atoms with Crippen molar-refractivity contribution in [3.8, 4) is 11.5 Å². The van der Waals surface area contributed by atoms with Gasteiger partial charge in [-0.25, -0.2) is 0 Å². The summed E-state index contributed by atoms with van der Waals surface area (Å²) in [4.78, 5) is 0. The molecule has 3 heteroatoms. The van der Waals surface area contributed by atoms with Gasteiger partial charge < -0.3 is 9.47 Å². The molecule has 0 saturated carbocycles. The van der Waals surface area contributed by atoms with Crippen molar-refractivity contribution in [2.45, 2.75) is 26.4 Å². The van der Waals surface area contributed by atoms with E-state index in [0.717, 1.165) is 20.6 Å². The first kappa shape index (κ1) is 13.4. The molecule has 0 aliphatic heterocycles. The first-order chi connectivity index (χ1) is 7.37. The number of methoxy groups -OCH3 is 1. The third-order valence-corrected chi connectivity index (χ3v) is 2.70. The van der Waals surface area contributed by atoms with Gasteiger partial charge in [-0.2, -0.15) is 0 Å². The molecule has 1 aromatic rings. The van der Waals surface area contributed by atoms with Crippen LogP contribution in [0.25, 0.3) is 6.08 Å². The molecule has 16 heavy (non-hydrogen) atoms. The van der Waals surface area contributed by atoms with E-state index in [-0.39, 0.29) is 5.60 Å². The van der Waals surface area contributed by atoms with Crippen molar-refractivity contribution >= 4 is 28.7 Å². The largest absolute Gasteiger partial charge is 0.493 e. The van der Waals surface area contributed by atoms with Crippen molar-refractivity contribution in [3.05, 3.63) is 27.8 Å². The minimum Gasteiger partial charge on any atom is -0.493 e. The van der Waals surface area contributed by atoms with Crippen LogP contribution in [0, 0.1) is 3.57 Å². The van der Waals surface area contributed by atoms with Gasteiger partial charge in [0.15, 0.2) is 11.5 Å². The zero-order valence-electron chi connectivity index (χ0n) is 10.1. The van der Waals surface area contributed by atoms with Crippen LogP contribution in [0.1, 0.15) is 26.3 Å². The second kappa shape index (κ2) is 5.08. The molecule has 0 radical (unpaired) electrons. The third kappa shape index (κ3) is 3.40. The topological polar surface area (TPSA) is 18.5 Å². The lowest BCUT2D eigenvalue weighted by atomic mass is 10.1. The number of halogens is 1. The highest BCUT2D eigenvalue weighted by molar-refractivity contribution is 14.1. The molecule has 0 atom stereocenters. The normalized spacial score (nSPS) is 11.1. The summed E-state index contributed by atoms with van der Waals surface area (Å²) in [7, 11) is 1.65. The highest BCUT2D eigenvalue weighted by Crippen LogP contribution is 2.36. The smallest absolute Gasteiger partial charge is 0.175 e. The van der Waals surface area contributed by atoms with Gasteiger partial charge in [0.25, 0.3) is 0 Å². The maximum atomic E-state index is 5.89. The summed E-state index contributed by atoms with van der Waals surface area (Å²) in [5.41, 5.74) is 0.797. The highest BCUT2D eigenvalue weighted by Gasteiger charge is 2.18. The second-order valence-electron chi connectivity index (χ2n) is 4.45. The Kier molecular flexibility index (Phi) is 4.24. The summed E-state index contributed by atoms with van der Waals surface area (Å²) >= 11 is 2.25. The van der Waals surface area contributed by atoms with Crippen LogP contribution in [0.5, 0.6) is 11.5 Å². The van der Waals surface area contributed by atoms with Crippen LogP contribution < -0.4 is 9.47 Å². The monoisotopic (exact) mass is 332 g/mol. The fourth-order valence-corrected chi connectivity index (χ4v) is 2.00. The van der Waals surface area contributed by atoms with Crippen LogP contribution in [0.4, 0.5) is 0 Å². The van der Waals surface area contributed by atoms with E-state index in [9.17, 15) is 0 Å². The molecule has 1 rings (SSSR count). The molecule has 0 unspecified atom stereocenters. The number of benzene rings is 1. The van der Waals surface area contributed by atoms with E-state index in [1.807, 2.05) is 32.9 Å². The van der Waals surface area contributed by atoms with E-state index in [1.54, 1.807) is 13.2 Å². The van der Waals surface area contributed by atoms with Crippen molar-refractivity contribution in [2.75, 3.05) is 7.11 Å². The first-order valence-corrected chi connectivity index (χ1v) is 6.14. The van der Waals surface area contributed by atoms with Crippen molar-refractivity contribution in [1.82, 2.24) is 0 Å². The standard InChI is InChI=1S/C13H17IO2/c1-6-9-7-10(14)12(11(8-9)15-5)16-13(2,3)4/h6-8H,1H2,2-5H3. The van der Waals surface area contributed by atoms with E-state index < -0.39 is 0 Å². The first-order valence-electron chi connectivity index (χ1n) is 5.06. The quantitative estimate of drug-likeness (QED) is 0.775. The molecule has 0 aromatic heterocycles. The molecular weight excluding hydrogens is 315 g/mol. The molecule has 0 fully saturated rings. The third-order valence-electron chi connectivity index (χ3n) is 1.90. The second-order valence-corrected chi connectivity index (χ2v) is 5.61. The Hall–Kier alpha value is -0.710. The van der Waals surface area contributed by atoms with Gasteiger partial charge >= 0.3 is 0 Å². The fourth-order valence-electron chi connectivity index (χ4n) is 1.26. The Balaban J connectivity index is 3.21. The minimum atomic E-state index is -0.233. The lowest BCUT2D eigenvalue weighted by Gasteiger charge is -2.24. The van der Waals surface area contributed by atoms with Crippen LogP contribution in [-0.4, -0.2) is 12.7 Å². The zero-order chi connectivity index (χ0) is 12.3. The molecule has 0 spiro atoms. The fraction of sp³-hybridized carbons (Fsp3) is 0.385. The van der Waals surface area contributed by atoms with Crippen LogP contribution in [-0.2, 0) is 0 Å². The molecule has 0 aliphatic rings. The van der Waals surface area contributed by atoms with Gasteiger partial charge in [0.1, 0.15) is 5.60 Å². The van der Waals surface area contributed by atoms with Gasteiger partial charge in [0.05, 0.1) is 10.7 Å². The minimum absolute atomic E-state index is 0.233. The summed E-state index contributed by atoms with van der Waals surface area (Å²) in [6.07, 6.45) is 1.80. The van der Waals surface area contributed by atoms with Crippen LogP contribution >= 0.6 is 22.6 Å². The van der Waals surface area contributed by atoms with E-state index in [0.29, 0.717) is 0 Å². The van der Waals surface area contributed by atoms with Crippen molar-refractivity contribution < 1.29 is 9.47 Å². The molecule has 0 saturated heterocycles. The number of rotatable bonds is 3. The SMILES string of the molecule is C=Cc1cc(I)c(OC(C)(C)C)c(OC)c1. The molecule has 1 aromatic carbocycles. The number of hydrogen-bond donors (Lipinski definition) is 0. The van der Waals surface area contributed by atoms with E-state index >= 15 is 0 Å². The molecule has 0 N–H and O–H groups in total. The number of ether oxygens (including phenoxy) is 2.